The molecular weight excluding hydrogens is 564 g/mol. The van der Waals surface area contributed by atoms with Crippen molar-refractivity contribution < 1.29 is 9.15 Å². The molecule has 1 aliphatic rings. The van der Waals surface area contributed by atoms with Gasteiger partial charge in [-0.15, -0.1) is 0 Å². The van der Waals surface area contributed by atoms with E-state index >= 15 is 0 Å². The number of hydrogen-bond donors (Lipinski definition) is 2. The van der Waals surface area contributed by atoms with E-state index in [1.54, 1.807) is 31.4 Å². The van der Waals surface area contributed by atoms with Crippen LogP contribution in [0.1, 0.15) is 26.3 Å². The van der Waals surface area contributed by atoms with Crippen molar-refractivity contribution in [2.75, 3.05) is 56.6 Å². The quantitative estimate of drug-likeness (QED) is 0.167. The maximum atomic E-state index is 14.0. The number of nitrogens with zero attached hydrogens (tertiary/aromatic N) is 2. The third-order valence-corrected chi connectivity index (χ3v) is 9.03. The van der Waals surface area contributed by atoms with Crippen LogP contribution in [0.3, 0.4) is 0 Å². The van der Waals surface area contributed by atoms with E-state index in [2.05, 4.69) is 53.0 Å². The molecule has 8 heteroatoms. The van der Waals surface area contributed by atoms with Crippen LogP contribution in [0, 0.1) is 0 Å². The topological polar surface area (TPSA) is 90.8 Å². The number of benzene rings is 5. The molecule has 0 unspecified atom stereocenters. The fourth-order valence-corrected chi connectivity index (χ4v) is 6.50. The first-order valence-electron chi connectivity index (χ1n) is 15.6. The number of methoxy groups -OCH3 is 1. The van der Waals surface area contributed by atoms with Gasteiger partial charge in [-0.2, -0.15) is 0 Å². The van der Waals surface area contributed by atoms with E-state index < -0.39 is 0 Å². The number of aromatic nitrogens is 1. The minimum absolute atomic E-state index is 0.0496. The van der Waals surface area contributed by atoms with Gasteiger partial charge in [0.05, 0.1) is 40.3 Å². The number of ether oxygens (including phenoxy) is 1. The van der Waals surface area contributed by atoms with Crippen molar-refractivity contribution in [3.8, 4) is 5.75 Å². The van der Waals surface area contributed by atoms with Crippen LogP contribution in [-0.4, -0.2) is 56.3 Å². The third kappa shape index (κ3) is 5.19. The molecule has 8 nitrogen and oxygen atoms in total. The van der Waals surface area contributed by atoms with Crippen LogP contribution >= 0.6 is 0 Å². The van der Waals surface area contributed by atoms with Gasteiger partial charge in [0.15, 0.2) is 22.0 Å². The molecule has 1 fully saturated rings. The smallest absolute Gasteiger partial charge is 0.196 e. The lowest BCUT2D eigenvalue weighted by atomic mass is 9.87. The van der Waals surface area contributed by atoms with Gasteiger partial charge in [0.25, 0.3) is 0 Å². The molecule has 5 aromatic carbocycles. The lowest BCUT2D eigenvalue weighted by Crippen LogP contribution is -2.47. The van der Waals surface area contributed by atoms with Gasteiger partial charge in [-0.1, -0.05) is 63.2 Å². The molecule has 230 valence electrons. The Labute approximate surface area is 261 Å². The van der Waals surface area contributed by atoms with Crippen LogP contribution in [0.15, 0.2) is 86.8 Å². The van der Waals surface area contributed by atoms with Crippen molar-refractivity contribution in [2.45, 2.75) is 26.2 Å². The Kier molecular flexibility index (Phi) is 7.25. The van der Waals surface area contributed by atoms with Gasteiger partial charge >= 0.3 is 0 Å². The summed E-state index contributed by atoms with van der Waals surface area (Å²) in [7, 11) is 1.71. The molecule has 45 heavy (non-hydrogen) atoms. The summed E-state index contributed by atoms with van der Waals surface area (Å²) in [6, 6.07) is 23.1. The van der Waals surface area contributed by atoms with E-state index in [9.17, 15) is 9.59 Å². The first-order chi connectivity index (χ1) is 21.7. The highest BCUT2D eigenvalue weighted by atomic mass is 16.5. The minimum Gasteiger partial charge on any atom is -0.495 e. The van der Waals surface area contributed by atoms with Crippen LogP contribution in [0.5, 0.6) is 5.75 Å². The Morgan fingerprint density at radius 2 is 1.53 bits per heavy atom. The Morgan fingerprint density at radius 3 is 2.24 bits per heavy atom. The van der Waals surface area contributed by atoms with Gasteiger partial charge < -0.3 is 24.4 Å². The fraction of sp³-hybridized carbons (Fsp3) is 0.297. The highest BCUT2D eigenvalue weighted by Crippen LogP contribution is 2.33. The molecular formula is C37H38N4O4. The zero-order valence-corrected chi connectivity index (χ0v) is 26.2. The van der Waals surface area contributed by atoms with E-state index in [0.29, 0.717) is 50.5 Å². The van der Waals surface area contributed by atoms with Crippen molar-refractivity contribution in [3.05, 3.63) is 98.8 Å². The number of fused-ring (bicyclic) bond motifs is 5. The lowest BCUT2D eigenvalue weighted by molar-refractivity contribution is 0.266. The average Bonchev–Trinajstić information content (AvgIpc) is 3.05. The summed E-state index contributed by atoms with van der Waals surface area (Å²) in [5.74, 6) is 0.888. The number of nitrogens with one attached hydrogen (secondary N) is 2. The standard InChI is InChI=1S/C37H38N4O4/c1-37(2,3)23-13-14-26-30(21-23)45-31-22-27(32-33(34(31)39-26)36(43)25-10-6-5-9-24(25)35(32)42)38-15-16-40-17-19-41(20-18-40)28-11-7-8-12-29(28)44-4/h5-14,21-22,38-39H,15-20H2,1-4H3. The predicted molar refractivity (Wildman–Crippen MR) is 184 cm³/mol. The van der Waals surface area contributed by atoms with E-state index in [0.717, 1.165) is 55.2 Å². The number of piperazine rings is 1. The SMILES string of the molecule is COc1ccccc1N1CCN(CCNc2cc3oc4cc(C(C)(C)C)ccc4[nH]c3c3c(=O)c4ccccc4c(=O)c23)CC1. The van der Waals surface area contributed by atoms with Crippen LogP contribution in [0.2, 0.25) is 0 Å². The molecule has 2 N–H and O–H groups in total. The van der Waals surface area contributed by atoms with Crippen molar-refractivity contribution in [1.29, 1.82) is 0 Å². The summed E-state index contributed by atoms with van der Waals surface area (Å²) >= 11 is 0. The second-order valence-electron chi connectivity index (χ2n) is 12.9. The highest BCUT2D eigenvalue weighted by molar-refractivity contribution is 6.14. The summed E-state index contributed by atoms with van der Waals surface area (Å²) in [5.41, 5.74) is 5.01. The zero-order chi connectivity index (χ0) is 31.3. The Balaban J connectivity index is 1.24. The zero-order valence-electron chi connectivity index (χ0n) is 26.2. The molecule has 0 bridgehead atoms. The minimum atomic E-state index is -0.182. The monoisotopic (exact) mass is 602 g/mol. The van der Waals surface area contributed by atoms with E-state index in [1.807, 2.05) is 36.4 Å². The Morgan fingerprint density at radius 1 is 0.844 bits per heavy atom. The van der Waals surface area contributed by atoms with Gasteiger partial charge in [-0.3, -0.25) is 14.5 Å². The molecule has 1 aromatic heterocycles. The van der Waals surface area contributed by atoms with Crippen molar-refractivity contribution >= 4 is 55.1 Å². The predicted octanol–water partition coefficient (Wildman–Crippen LogP) is 6.48. The molecule has 0 aliphatic carbocycles. The van der Waals surface area contributed by atoms with Crippen LogP contribution in [0.25, 0.3) is 43.7 Å². The van der Waals surface area contributed by atoms with Crippen molar-refractivity contribution in [1.82, 2.24) is 9.88 Å². The van der Waals surface area contributed by atoms with E-state index in [1.165, 1.54) is 0 Å². The number of rotatable bonds is 6. The summed E-state index contributed by atoms with van der Waals surface area (Å²) < 4.78 is 12.0. The molecule has 1 aliphatic heterocycles. The number of anilines is 2. The second-order valence-corrected chi connectivity index (χ2v) is 12.9. The van der Waals surface area contributed by atoms with Crippen LogP contribution < -0.4 is 25.8 Å². The first kappa shape index (κ1) is 28.9. The maximum absolute atomic E-state index is 14.0. The van der Waals surface area contributed by atoms with Crippen LogP contribution in [-0.2, 0) is 5.41 Å². The molecule has 1 saturated heterocycles. The second kappa shape index (κ2) is 11.3. The average molecular weight is 603 g/mol. The van der Waals surface area contributed by atoms with Crippen LogP contribution in [0.4, 0.5) is 11.4 Å². The number of para-hydroxylation sites is 2. The van der Waals surface area contributed by atoms with Crippen molar-refractivity contribution in [3.63, 3.8) is 0 Å². The molecule has 0 spiro atoms. The number of hydrogen-bond acceptors (Lipinski definition) is 7. The van der Waals surface area contributed by atoms with Gasteiger partial charge in [-0.25, -0.2) is 0 Å². The van der Waals surface area contributed by atoms with Gasteiger partial charge in [-0.05, 0) is 35.2 Å². The lowest BCUT2D eigenvalue weighted by Gasteiger charge is -2.36. The summed E-state index contributed by atoms with van der Waals surface area (Å²) in [6.45, 7) is 11.5. The molecule has 0 atom stereocenters. The molecule has 0 saturated carbocycles. The maximum Gasteiger partial charge on any atom is 0.196 e. The first-order valence-corrected chi connectivity index (χ1v) is 15.6. The molecule has 2 heterocycles. The van der Waals surface area contributed by atoms with E-state index in [-0.39, 0.29) is 16.3 Å². The summed E-state index contributed by atoms with van der Waals surface area (Å²) in [5, 5.41) is 5.11. The molecule has 6 aromatic rings. The van der Waals surface area contributed by atoms with Gasteiger partial charge in [0.2, 0.25) is 0 Å². The third-order valence-electron chi connectivity index (χ3n) is 9.03. The summed E-state index contributed by atoms with van der Waals surface area (Å²) in [4.78, 5) is 36.2. The normalized spacial score (nSPS) is 14.5. The van der Waals surface area contributed by atoms with Gasteiger partial charge in [0, 0.05) is 56.1 Å². The van der Waals surface area contributed by atoms with E-state index in [4.69, 9.17) is 9.15 Å². The number of H-pyrrole nitrogens is 1. The fourth-order valence-electron chi connectivity index (χ4n) is 6.50. The Bertz CT molecular complexity index is 2190. The Hall–Kier alpha value is -4.82. The number of aromatic amines is 1. The molecule has 0 radical (unpaired) electrons. The molecule has 0 amide bonds. The van der Waals surface area contributed by atoms with Gasteiger partial charge in [0.1, 0.15) is 5.75 Å². The highest BCUT2D eigenvalue weighted by Gasteiger charge is 2.22. The molecule has 7 rings (SSSR count). The van der Waals surface area contributed by atoms with Crippen molar-refractivity contribution in [2.24, 2.45) is 0 Å². The largest absolute Gasteiger partial charge is 0.495 e. The summed E-state index contributed by atoms with van der Waals surface area (Å²) in [6.07, 6.45) is 0.